The van der Waals surface area contributed by atoms with Crippen molar-refractivity contribution >= 4 is 40.9 Å². The van der Waals surface area contributed by atoms with Gasteiger partial charge in [-0.1, -0.05) is 11.6 Å². The van der Waals surface area contributed by atoms with Crippen LogP contribution in [0.3, 0.4) is 0 Å². The molecule has 5 rings (SSSR count). The Morgan fingerprint density at radius 3 is 2.61 bits per heavy atom. The van der Waals surface area contributed by atoms with Crippen molar-refractivity contribution in [3.8, 4) is 5.75 Å². The van der Waals surface area contributed by atoms with Crippen molar-refractivity contribution in [3.05, 3.63) is 35.1 Å². The van der Waals surface area contributed by atoms with Gasteiger partial charge < -0.3 is 35.0 Å². The number of fused-ring (bicyclic) bond motifs is 1. The molecule has 2 fully saturated rings. The van der Waals surface area contributed by atoms with E-state index in [1.807, 2.05) is 0 Å². The highest BCUT2D eigenvalue weighted by Crippen LogP contribution is 2.39. The molecule has 3 aliphatic rings. The van der Waals surface area contributed by atoms with Gasteiger partial charge in [-0.3, -0.25) is 9.69 Å². The number of likely N-dealkylation sites (tertiary alicyclic amines) is 1. The Morgan fingerprint density at radius 2 is 1.87 bits per heavy atom. The summed E-state index contributed by atoms with van der Waals surface area (Å²) in [6, 6.07) is 5.26. The van der Waals surface area contributed by atoms with Crippen molar-refractivity contribution in [2.45, 2.75) is 18.9 Å². The zero-order valence-electron chi connectivity index (χ0n) is 21.1. The van der Waals surface area contributed by atoms with Crippen molar-refractivity contribution < 1.29 is 24.2 Å². The monoisotopic (exact) mass is 545 g/mol. The fourth-order valence-corrected chi connectivity index (χ4v) is 5.23. The molecule has 2 saturated heterocycles. The maximum atomic E-state index is 12.6. The van der Waals surface area contributed by atoms with E-state index in [1.54, 1.807) is 18.2 Å². The number of rotatable bonds is 7. The molecule has 0 atom stereocenters. The van der Waals surface area contributed by atoms with Gasteiger partial charge in [0, 0.05) is 50.9 Å². The van der Waals surface area contributed by atoms with Gasteiger partial charge in [-0.05, 0) is 31.0 Å². The molecule has 204 valence electrons. The lowest BCUT2D eigenvalue weighted by molar-refractivity contribution is 0.0383. The fraction of sp³-hybridized carbons (Fsp3) is 0.520. The summed E-state index contributed by atoms with van der Waals surface area (Å²) in [5.41, 5.74) is 1.07. The minimum Gasteiger partial charge on any atom is -0.485 e. The zero-order chi connectivity index (χ0) is 26.5. The highest BCUT2D eigenvalue weighted by molar-refractivity contribution is 6.33. The molecule has 38 heavy (non-hydrogen) atoms. The van der Waals surface area contributed by atoms with Crippen LogP contribution in [-0.4, -0.2) is 109 Å². The number of carbonyl (C=O) groups is 2. The first-order valence-corrected chi connectivity index (χ1v) is 13.2. The molecule has 0 saturated carbocycles. The number of ether oxygens (including phenoxy) is 2. The summed E-state index contributed by atoms with van der Waals surface area (Å²) in [5, 5.41) is 15.8. The number of carbonyl (C=O) groups excluding carboxylic acids is 1. The Morgan fingerprint density at radius 1 is 1.08 bits per heavy atom. The normalized spacial score (nSPS) is 18.4. The topological polar surface area (TPSA) is 132 Å². The molecule has 0 aliphatic carbocycles. The first-order valence-electron chi connectivity index (χ1n) is 12.9. The van der Waals surface area contributed by atoms with Gasteiger partial charge in [0.05, 0.1) is 30.5 Å². The van der Waals surface area contributed by atoms with Gasteiger partial charge >= 0.3 is 6.09 Å². The van der Waals surface area contributed by atoms with Gasteiger partial charge in [-0.2, -0.15) is 0 Å². The van der Waals surface area contributed by atoms with Gasteiger partial charge in [0.1, 0.15) is 12.9 Å². The number of halogens is 1. The predicted molar refractivity (Wildman–Crippen MR) is 142 cm³/mol. The number of hydrogen-bond acceptors (Lipinski definition) is 9. The number of aromatic nitrogens is 2. The first kappa shape index (κ1) is 26.3. The lowest BCUT2D eigenvalue weighted by atomic mass is 10.0. The Labute approximate surface area is 225 Å². The lowest BCUT2D eigenvalue weighted by Crippen LogP contribution is -2.49. The van der Waals surface area contributed by atoms with E-state index in [0.29, 0.717) is 66.4 Å². The zero-order valence-corrected chi connectivity index (χ0v) is 21.8. The lowest BCUT2D eigenvalue weighted by Gasteiger charge is -2.40. The van der Waals surface area contributed by atoms with Crippen LogP contribution in [0.4, 0.5) is 22.1 Å². The van der Waals surface area contributed by atoms with Crippen LogP contribution < -0.4 is 20.3 Å². The Bertz CT molecular complexity index is 1150. The van der Waals surface area contributed by atoms with Crippen LogP contribution in [0, 0.1) is 0 Å². The number of piperidine rings is 1. The molecule has 1 aromatic heterocycles. The maximum absolute atomic E-state index is 12.6. The summed E-state index contributed by atoms with van der Waals surface area (Å²) in [6.07, 6.45) is 2.04. The molecule has 13 heteroatoms. The summed E-state index contributed by atoms with van der Waals surface area (Å²) in [7, 11) is 0. The third-order valence-corrected chi connectivity index (χ3v) is 7.43. The van der Waals surface area contributed by atoms with Gasteiger partial charge in [-0.25, -0.2) is 14.8 Å². The van der Waals surface area contributed by atoms with Crippen LogP contribution >= 0.6 is 11.6 Å². The number of nitrogens with zero attached hydrogens (tertiary/aromatic N) is 5. The van der Waals surface area contributed by atoms with Gasteiger partial charge in [0.15, 0.2) is 11.6 Å². The largest absolute Gasteiger partial charge is 0.485 e. The Balaban J connectivity index is 1.23. The molecular formula is C25H32ClN7O5. The summed E-state index contributed by atoms with van der Waals surface area (Å²) < 4.78 is 11.3. The van der Waals surface area contributed by atoms with Gasteiger partial charge in [-0.15, -0.1) is 0 Å². The average molecular weight is 546 g/mol. The number of benzene rings is 1. The standard InChI is InChI=1S/C25H32ClN7O5/c26-19-15-17(24(34)27-5-8-31-9-12-37-13-10-31)1-2-20(19)30-22-21-23(29-16-28-22)33(11-14-38-21)18-3-6-32(7-4-18)25(35)36/h1-2,15-16,18H,3-14H2,(H,27,34)(H,35,36)(H,28,29,30). The molecule has 1 aromatic carbocycles. The van der Waals surface area contributed by atoms with Crippen molar-refractivity contribution in [1.82, 2.24) is 25.1 Å². The number of anilines is 3. The van der Waals surface area contributed by atoms with E-state index in [0.717, 1.165) is 45.7 Å². The fourth-order valence-electron chi connectivity index (χ4n) is 5.01. The van der Waals surface area contributed by atoms with Crippen molar-refractivity contribution in [1.29, 1.82) is 0 Å². The minimum absolute atomic E-state index is 0.167. The molecule has 0 radical (unpaired) electrons. The molecular weight excluding hydrogens is 514 g/mol. The van der Waals surface area contributed by atoms with Crippen LogP contribution in [-0.2, 0) is 4.74 Å². The summed E-state index contributed by atoms with van der Waals surface area (Å²) in [5.74, 6) is 1.50. The van der Waals surface area contributed by atoms with Crippen LogP contribution in [0.15, 0.2) is 24.5 Å². The van der Waals surface area contributed by atoms with E-state index in [2.05, 4.69) is 30.4 Å². The SMILES string of the molecule is O=C(NCCN1CCOCC1)c1ccc(Nc2ncnc3c2OCCN3C2CCN(C(=O)O)CC2)c(Cl)c1. The summed E-state index contributed by atoms with van der Waals surface area (Å²) in [4.78, 5) is 38.6. The number of hydrogen-bond donors (Lipinski definition) is 3. The van der Waals surface area contributed by atoms with E-state index in [9.17, 15) is 14.7 Å². The van der Waals surface area contributed by atoms with E-state index < -0.39 is 6.09 Å². The van der Waals surface area contributed by atoms with Crippen LogP contribution in [0.1, 0.15) is 23.2 Å². The Hall–Kier alpha value is -3.35. The molecule has 3 N–H and O–H groups in total. The van der Waals surface area contributed by atoms with Crippen LogP contribution in [0.25, 0.3) is 0 Å². The first-order chi connectivity index (χ1) is 18.5. The molecule has 3 aliphatic heterocycles. The molecule has 4 heterocycles. The molecule has 12 nitrogen and oxygen atoms in total. The van der Waals surface area contributed by atoms with E-state index >= 15 is 0 Å². The maximum Gasteiger partial charge on any atom is 0.407 e. The average Bonchev–Trinajstić information content (AvgIpc) is 2.94. The van der Waals surface area contributed by atoms with Gasteiger partial charge in [0.25, 0.3) is 5.91 Å². The highest BCUT2D eigenvalue weighted by Gasteiger charge is 2.32. The number of amides is 2. The molecule has 2 aromatic rings. The second kappa shape index (κ2) is 12.0. The third kappa shape index (κ3) is 6.03. The van der Waals surface area contributed by atoms with E-state index in [-0.39, 0.29) is 11.9 Å². The predicted octanol–water partition coefficient (Wildman–Crippen LogP) is 2.28. The van der Waals surface area contributed by atoms with E-state index in [4.69, 9.17) is 21.1 Å². The molecule has 0 spiro atoms. The summed E-state index contributed by atoms with van der Waals surface area (Å²) >= 11 is 6.54. The van der Waals surface area contributed by atoms with E-state index in [1.165, 1.54) is 11.2 Å². The number of morpholine rings is 1. The molecule has 0 unspecified atom stereocenters. The third-order valence-electron chi connectivity index (χ3n) is 7.11. The molecule has 0 bridgehead atoms. The van der Waals surface area contributed by atoms with Crippen molar-refractivity contribution in [2.24, 2.45) is 0 Å². The minimum atomic E-state index is -0.881. The van der Waals surface area contributed by atoms with Crippen LogP contribution in [0.5, 0.6) is 5.75 Å². The molecule has 2 amide bonds. The van der Waals surface area contributed by atoms with Crippen molar-refractivity contribution in [3.63, 3.8) is 0 Å². The van der Waals surface area contributed by atoms with Gasteiger partial charge in [0.2, 0.25) is 5.75 Å². The second-order valence-corrected chi connectivity index (χ2v) is 9.85. The van der Waals surface area contributed by atoms with Crippen molar-refractivity contribution in [2.75, 3.05) is 75.9 Å². The Kier molecular flexibility index (Phi) is 8.30. The van der Waals surface area contributed by atoms with Crippen LogP contribution in [0.2, 0.25) is 5.02 Å². The smallest absolute Gasteiger partial charge is 0.407 e. The summed E-state index contributed by atoms with van der Waals surface area (Å²) in [6.45, 7) is 6.63. The highest BCUT2D eigenvalue weighted by atomic mass is 35.5. The number of carboxylic acid groups (broad SMARTS) is 1. The number of nitrogens with one attached hydrogen (secondary N) is 2. The quantitative estimate of drug-likeness (QED) is 0.476. The second-order valence-electron chi connectivity index (χ2n) is 9.45.